The zero-order valence-corrected chi connectivity index (χ0v) is 21.4. The lowest BCUT2D eigenvalue weighted by molar-refractivity contribution is -0.143. The van der Waals surface area contributed by atoms with Gasteiger partial charge in [-0.1, -0.05) is 6.07 Å². The summed E-state index contributed by atoms with van der Waals surface area (Å²) < 4.78 is 42.7. The summed E-state index contributed by atoms with van der Waals surface area (Å²) in [7, 11) is 2.99. The average Bonchev–Trinajstić information content (AvgIpc) is 3.33. The van der Waals surface area contributed by atoms with E-state index in [2.05, 4.69) is 25.7 Å². The van der Waals surface area contributed by atoms with E-state index in [0.29, 0.717) is 28.9 Å². The molecule has 9 nitrogen and oxygen atoms in total. The van der Waals surface area contributed by atoms with Crippen LogP contribution < -0.4 is 21.7 Å². The van der Waals surface area contributed by atoms with Gasteiger partial charge < -0.3 is 26.0 Å². The van der Waals surface area contributed by atoms with Crippen molar-refractivity contribution in [3.63, 3.8) is 0 Å². The Hall–Kier alpha value is -4.22. The third-order valence-corrected chi connectivity index (χ3v) is 6.13. The van der Waals surface area contributed by atoms with Gasteiger partial charge in [0.25, 0.3) is 0 Å². The molecule has 1 aliphatic rings. The van der Waals surface area contributed by atoms with E-state index in [1.807, 2.05) is 19.1 Å². The minimum Gasteiger partial charge on any atom is -0.453 e. The maximum Gasteiger partial charge on any atom is 0.412 e. The molecule has 1 saturated heterocycles. The normalized spacial score (nSPS) is 16.3. The van der Waals surface area contributed by atoms with Crippen LogP contribution in [0.5, 0.6) is 0 Å². The molecule has 5 N–H and O–H groups in total. The van der Waals surface area contributed by atoms with Crippen molar-refractivity contribution < 1.29 is 27.5 Å². The van der Waals surface area contributed by atoms with Crippen LogP contribution in [0.25, 0.3) is 11.3 Å². The van der Waals surface area contributed by atoms with Crippen LogP contribution >= 0.6 is 0 Å². The van der Waals surface area contributed by atoms with Crippen molar-refractivity contribution in [3.05, 3.63) is 65.5 Å². The number of allylic oxidation sites excluding steroid dienone is 2. The minimum atomic E-state index is -4.24. The summed E-state index contributed by atoms with van der Waals surface area (Å²) in [6.07, 6.45) is -0.719. The van der Waals surface area contributed by atoms with E-state index in [0.717, 1.165) is 11.1 Å². The van der Waals surface area contributed by atoms with Crippen molar-refractivity contribution >= 4 is 34.9 Å². The Morgan fingerprint density at radius 1 is 1.24 bits per heavy atom. The Kier molecular flexibility index (Phi) is 9.21. The number of aromatic nitrogens is 1. The molecule has 1 unspecified atom stereocenters. The molecule has 0 aliphatic carbocycles. The molecule has 0 spiro atoms. The van der Waals surface area contributed by atoms with Gasteiger partial charge in [-0.05, 0) is 66.3 Å². The van der Waals surface area contributed by atoms with Gasteiger partial charge in [0, 0.05) is 55.9 Å². The summed E-state index contributed by atoms with van der Waals surface area (Å²) in [6, 6.07) is 8.29. The smallest absolute Gasteiger partial charge is 0.412 e. The second-order valence-electron chi connectivity index (χ2n) is 8.86. The molecule has 1 atom stereocenters. The molecule has 1 aliphatic heterocycles. The Morgan fingerprint density at radius 3 is 2.66 bits per heavy atom. The highest BCUT2D eigenvalue weighted by molar-refractivity contribution is 5.91. The predicted molar refractivity (Wildman–Crippen MR) is 140 cm³/mol. The summed E-state index contributed by atoms with van der Waals surface area (Å²) in [5.74, 6) is -0.306. The number of anilines is 2. The van der Waals surface area contributed by atoms with Crippen molar-refractivity contribution in [2.24, 2.45) is 11.7 Å². The average molecular weight is 533 g/mol. The first-order valence-corrected chi connectivity index (χ1v) is 11.9. The second kappa shape index (κ2) is 12.3. The summed E-state index contributed by atoms with van der Waals surface area (Å²) in [6.45, 7) is 2.25. The Labute approximate surface area is 218 Å². The highest BCUT2D eigenvalue weighted by Crippen LogP contribution is 2.31. The minimum absolute atomic E-state index is 0.0646. The van der Waals surface area contributed by atoms with Gasteiger partial charge in [0.05, 0.1) is 7.11 Å². The van der Waals surface area contributed by atoms with E-state index in [9.17, 15) is 22.8 Å². The highest BCUT2D eigenvalue weighted by atomic mass is 19.4. The van der Waals surface area contributed by atoms with E-state index in [1.165, 1.54) is 24.4 Å². The number of halogens is 3. The van der Waals surface area contributed by atoms with Gasteiger partial charge in [-0.25, -0.2) is 14.6 Å². The third kappa shape index (κ3) is 7.64. The fraction of sp³-hybridized carbons (Fsp3) is 0.346. The maximum atomic E-state index is 12.7. The molecule has 1 aromatic carbocycles. The Morgan fingerprint density at radius 2 is 2.00 bits per heavy atom. The first-order chi connectivity index (χ1) is 18.0. The fourth-order valence-electron chi connectivity index (χ4n) is 4.21. The number of aryl methyl sites for hydroxylation is 1. The first-order valence-electron chi connectivity index (χ1n) is 11.9. The molecule has 204 valence electrons. The molecular weight excluding hydrogens is 501 g/mol. The van der Waals surface area contributed by atoms with Gasteiger partial charge in [0.15, 0.2) is 0 Å². The van der Waals surface area contributed by atoms with Crippen molar-refractivity contribution in [2.75, 3.05) is 37.9 Å². The van der Waals surface area contributed by atoms with Crippen LogP contribution in [0.2, 0.25) is 0 Å². The van der Waals surface area contributed by atoms with Crippen LogP contribution in [0.1, 0.15) is 29.5 Å². The summed E-state index contributed by atoms with van der Waals surface area (Å²) in [5, 5.41) is 8.44. The lowest BCUT2D eigenvalue weighted by atomic mass is 10.0. The third-order valence-electron chi connectivity index (χ3n) is 6.13. The zero-order chi connectivity index (χ0) is 27.9. The molecule has 1 aromatic heterocycles. The summed E-state index contributed by atoms with van der Waals surface area (Å²) >= 11 is 0. The highest BCUT2D eigenvalue weighted by Gasteiger charge is 2.36. The van der Waals surface area contributed by atoms with Crippen LogP contribution in [0.15, 0.2) is 48.8 Å². The number of urea groups is 1. The van der Waals surface area contributed by atoms with Crippen LogP contribution in [-0.4, -0.2) is 55.4 Å². The summed E-state index contributed by atoms with van der Waals surface area (Å²) in [4.78, 5) is 29.8. The summed E-state index contributed by atoms with van der Waals surface area (Å²) in [5.41, 5.74) is 10.1. The van der Waals surface area contributed by atoms with Gasteiger partial charge in [-0.2, -0.15) is 13.2 Å². The van der Waals surface area contributed by atoms with Crippen LogP contribution in [0.4, 0.5) is 34.3 Å². The number of likely N-dealkylation sites (tertiary alicyclic amines) is 1. The number of carbonyl (C=O) groups is 2. The SMILES string of the molecule is CN/C(=C\C(=C/N)c1ccnc(NC(=O)OC)c1)c1cc(NC(=O)N2CCC(CC(F)(F)F)C2)ccc1C. The number of benzene rings is 1. The Balaban J connectivity index is 1.79. The number of amides is 3. The second-order valence-corrected chi connectivity index (χ2v) is 8.86. The van der Waals surface area contributed by atoms with Crippen LogP contribution in [0, 0.1) is 12.8 Å². The van der Waals surface area contributed by atoms with Crippen molar-refractivity contribution in [3.8, 4) is 0 Å². The number of ether oxygens (including phenoxy) is 1. The number of pyridine rings is 1. The number of nitrogens with two attached hydrogens (primary N) is 1. The van der Waals surface area contributed by atoms with E-state index in [-0.39, 0.29) is 18.9 Å². The van der Waals surface area contributed by atoms with E-state index in [1.54, 1.807) is 31.3 Å². The number of hydrogen-bond acceptors (Lipinski definition) is 6. The topological polar surface area (TPSA) is 122 Å². The molecule has 2 heterocycles. The molecule has 3 rings (SSSR count). The standard InChI is InChI=1S/C26H31F3N6O3/c1-16-4-5-20(33-24(36)35-9-7-17(15-35)13-26(27,28)29)12-21(16)22(31-2)10-19(14-30)18-6-8-32-23(11-18)34-25(37)38-3/h4-6,8,10-12,14,17,31H,7,9,13,15,30H2,1-3H3,(H,33,36)(H,32,34,37)/b19-14+,22-10-. The first kappa shape index (κ1) is 28.4. The maximum absolute atomic E-state index is 12.7. The Bertz CT molecular complexity index is 1230. The molecule has 38 heavy (non-hydrogen) atoms. The predicted octanol–water partition coefficient (Wildman–Crippen LogP) is 4.93. The fourth-order valence-corrected chi connectivity index (χ4v) is 4.21. The van der Waals surface area contributed by atoms with E-state index < -0.39 is 30.6 Å². The molecule has 2 aromatic rings. The van der Waals surface area contributed by atoms with Gasteiger partial charge in [-0.15, -0.1) is 0 Å². The number of hydrogen-bond donors (Lipinski definition) is 4. The van der Waals surface area contributed by atoms with E-state index in [4.69, 9.17) is 5.73 Å². The molecule has 0 bridgehead atoms. The monoisotopic (exact) mass is 532 g/mol. The van der Waals surface area contributed by atoms with Gasteiger partial charge in [0.2, 0.25) is 0 Å². The molecule has 0 saturated carbocycles. The largest absolute Gasteiger partial charge is 0.453 e. The molecule has 3 amide bonds. The lowest BCUT2D eigenvalue weighted by Crippen LogP contribution is -2.33. The van der Waals surface area contributed by atoms with Gasteiger partial charge in [0.1, 0.15) is 5.82 Å². The van der Waals surface area contributed by atoms with Crippen molar-refractivity contribution in [1.82, 2.24) is 15.2 Å². The van der Waals surface area contributed by atoms with Gasteiger partial charge >= 0.3 is 18.3 Å². The number of nitrogens with zero attached hydrogens (tertiary/aromatic N) is 2. The molecule has 1 fully saturated rings. The van der Waals surface area contributed by atoms with Crippen molar-refractivity contribution in [2.45, 2.75) is 25.9 Å². The number of carbonyl (C=O) groups excluding carboxylic acids is 2. The zero-order valence-electron chi connectivity index (χ0n) is 21.4. The molecule has 0 radical (unpaired) electrons. The quantitative estimate of drug-likeness (QED) is 0.375. The van der Waals surface area contributed by atoms with Crippen LogP contribution in [-0.2, 0) is 4.74 Å². The van der Waals surface area contributed by atoms with Crippen LogP contribution in [0.3, 0.4) is 0 Å². The molecular formula is C26H31F3N6O3. The van der Waals surface area contributed by atoms with Crippen molar-refractivity contribution in [1.29, 1.82) is 0 Å². The number of alkyl halides is 3. The van der Waals surface area contributed by atoms with E-state index >= 15 is 0 Å². The number of nitrogens with one attached hydrogen (secondary N) is 3. The lowest BCUT2D eigenvalue weighted by Gasteiger charge is -2.19. The molecule has 12 heteroatoms. The van der Waals surface area contributed by atoms with Gasteiger partial charge in [-0.3, -0.25) is 5.32 Å². The number of rotatable bonds is 7. The number of methoxy groups -OCH3 is 1.